The van der Waals surface area contributed by atoms with Gasteiger partial charge in [-0.1, -0.05) is 0 Å². The Hall–Kier alpha value is -2.96. The van der Waals surface area contributed by atoms with Crippen LogP contribution >= 0.6 is 0 Å². The normalized spacial score (nSPS) is 15.8. The predicted octanol–water partition coefficient (Wildman–Crippen LogP) is 5.32. The Labute approximate surface area is 159 Å². The summed E-state index contributed by atoms with van der Waals surface area (Å²) in [6.07, 6.45) is -3.82. The lowest BCUT2D eigenvalue weighted by atomic mass is 9.96. The van der Waals surface area contributed by atoms with Gasteiger partial charge in [0.1, 0.15) is 5.58 Å². The third-order valence-electron chi connectivity index (χ3n) is 5.10. The summed E-state index contributed by atoms with van der Waals surface area (Å²) in [5, 5.41) is 4.09. The van der Waals surface area contributed by atoms with E-state index in [1.54, 1.807) is 12.1 Å². The van der Waals surface area contributed by atoms with Crippen LogP contribution in [0.3, 0.4) is 0 Å². The molecule has 0 atom stereocenters. The highest BCUT2D eigenvalue weighted by Gasteiger charge is 2.41. The zero-order chi connectivity index (χ0) is 19.7. The molecule has 4 nitrogen and oxygen atoms in total. The van der Waals surface area contributed by atoms with E-state index in [1.807, 2.05) is 41.3 Å². The van der Waals surface area contributed by atoms with E-state index in [-0.39, 0.29) is 18.5 Å². The first-order valence-corrected chi connectivity index (χ1v) is 9.11. The van der Waals surface area contributed by atoms with Gasteiger partial charge in [0.2, 0.25) is 0 Å². The zero-order valence-electron chi connectivity index (χ0n) is 15.0. The van der Waals surface area contributed by atoms with Crippen LogP contribution in [0.2, 0.25) is 0 Å². The number of piperidine rings is 1. The van der Waals surface area contributed by atoms with Crippen molar-refractivity contribution in [2.75, 3.05) is 23.3 Å². The molecule has 1 N–H and O–H groups in total. The first-order valence-electron chi connectivity index (χ1n) is 9.11. The average molecular weight is 388 g/mol. The molecule has 7 heteroatoms. The van der Waals surface area contributed by atoms with Gasteiger partial charge in [-0.15, -0.1) is 0 Å². The van der Waals surface area contributed by atoms with Gasteiger partial charge in [-0.2, -0.15) is 13.2 Å². The molecule has 2 heterocycles. The Bertz CT molecular complexity index is 1020. The lowest BCUT2D eigenvalue weighted by Crippen LogP contribution is -2.38. The summed E-state index contributed by atoms with van der Waals surface area (Å²) in [4.78, 5) is 13.2. The van der Waals surface area contributed by atoms with Crippen molar-refractivity contribution in [3.8, 4) is 0 Å². The van der Waals surface area contributed by atoms with Crippen LogP contribution < -0.4 is 15.8 Å². The van der Waals surface area contributed by atoms with Crippen LogP contribution in [-0.2, 0) is 0 Å². The smallest absolute Gasteiger partial charge is 0.391 e. The summed E-state index contributed by atoms with van der Waals surface area (Å²) in [5.74, 6) is -1.19. The molecule has 2 aromatic carbocycles. The summed E-state index contributed by atoms with van der Waals surface area (Å²) in [7, 11) is 0. The number of benzene rings is 2. The van der Waals surface area contributed by atoms with Crippen molar-refractivity contribution >= 4 is 28.0 Å². The molecule has 1 aliphatic heterocycles. The van der Waals surface area contributed by atoms with Crippen molar-refractivity contribution in [2.45, 2.75) is 19.0 Å². The lowest BCUT2D eigenvalue weighted by Gasteiger charge is -2.34. The molecule has 4 rings (SSSR count). The first kappa shape index (κ1) is 18.4. The molecule has 1 aromatic heterocycles. The van der Waals surface area contributed by atoms with Crippen molar-refractivity contribution in [2.24, 2.45) is 5.92 Å². The van der Waals surface area contributed by atoms with Gasteiger partial charge in [-0.3, -0.25) is 0 Å². The van der Waals surface area contributed by atoms with E-state index in [2.05, 4.69) is 5.32 Å². The van der Waals surface area contributed by atoms with Gasteiger partial charge >= 0.3 is 11.8 Å². The average Bonchev–Trinajstić information content (AvgIpc) is 2.68. The van der Waals surface area contributed by atoms with Crippen molar-refractivity contribution in [3.05, 3.63) is 65.0 Å². The molecule has 3 aromatic rings. The van der Waals surface area contributed by atoms with E-state index in [1.165, 1.54) is 6.07 Å². The van der Waals surface area contributed by atoms with Gasteiger partial charge in [0.05, 0.1) is 5.92 Å². The number of rotatable bonds is 3. The molecule has 0 spiro atoms. The Morgan fingerprint density at radius 2 is 1.61 bits per heavy atom. The van der Waals surface area contributed by atoms with Crippen molar-refractivity contribution < 1.29 is 17.6 Å². The third-order valence-corrected chi connectivity index (χ3v) is 5.10. The zero-order valence-corrected chi connectivity index (χ0v) is 15.0. The van der Waals surface area contributed by atoms with Crippen LogP contribution in [0.4, 0.5) is 30.2 Å². The fourth-order valence-electron chi connectivity index (χ4n) is 3.54. The number of hydrogen-bond acceptors (Lipinski definition) is 4. The monoisotopic (exact) mass is 388 g/mol. The first-order chi connectivity index (χ1) is 13.4. The number of alkyl halides is 3. The maximum Gasteiger partial charge on any atom is 0.391 e. The lowest BCUT2D eigenvalue weighted by molar-refractivity contribution is -0.179. The number of halogens is 3. The molecular weight excluding hydrogens is 369 g/mol. The molecule has 1 fully saturated rings. The van der Waals surface area contributed by atoms with E-state index in [0.717, 1.165) is 22.4 Å². The molecule has 0 saturated carbocycles. The van der Waals surface area contributed by atoms with Gasteiger partial charge in [0.25, 0.3) is 0 Å². The van der Waals surface area contributed by atoms with Crippen LogP contribution in [0.5, 0.6) is 0 Å². The van der Waals surface area contributed by atoms with Gasteiger partial charge in [0, 0.05) is 41.6 Å². The molecule has 0 amide bonds. The maximum absolute atomic E-state index is 12.8. The summed E-state index contributed by atoms with van der Waals surface area (Å²) in [5.41, 5.74) is 2.77. The van der Waals surface area contributed by atoms with Gasteiger partial charge in [0.15, 0.2) is 0 Å². The minimum absolute atomic E-state index is 0.136. The van der Waals surface area contributed by atoms with Crippen molar-refractivity contribution in [1.82, 2.24) is 0 Å². The summed E-state index contributed by atoms with van der Waals surface area (Å²) < 4.78 is 43.5. The van der Waals surface area contributed by atoms with Crippen LogP contribution in [-0.4, -0.2) is 19.3 Å². The molecule has 0 aliphatic carbocycles. The van der Waals surface area contributed by atoms with E-state index in [9.17, 15) is 18.0 Å². The van der Waals surface area contributed by atoms with Gasteiger partial charge < -0.3 is 14.6 Å². The standard InChI is InChI=1S/C21H19F3N2O2/c22-21(23,24)15-9-11-26(12-10-15)18-5-2-16(3-6-18)25-17-4-7-19-14(13-17)1-8-20(27)28-19/h1-8,13,15,25H,9-12H2. The SMILES string of the molecule is O=c1ccc2cc(Nc3ccc(N4CCC(C(F)(F)F)CC4)cc3)ccc2o1. The summed E-state index contributed by atoms with van der Waals surface area (Å²) >= 11 is 0. The molecule has 28 heavy (non-hydrogen) atoms. The Morgan fingerprint density at radius 3 is 2.29 bits per heavy atom. The Kier molecular flexibility index (Phi) is 4.75. The quantitative estimate of drug-likeness (QED) is 0.617. The molecule has 1 aliphatic rings. The maximum atomic E-state index is 12.8. The Balaban J connectivity index is 1.42. The topological polar surface area (TPSA) is 45.5 Å². The molecule has 0 bridgehead atoms. The third kappa shape index (κ3) is 3.98. The number of nitrogens with zero attached hydrogens (tertiary/aromatic N) is 1. The van der Waals surface area contributed by atoms with Crippen molar-refractivity contribution in [3.63, 3.8) is 0 Å². The van der Waals surface area contributed by atoms with Crippen LogP contribution in [0.15, 0.2) is 63.8 Å². The molecule has 146 valence electrons. The minimum Gasteiger partial charge on any atom is -0.423 e. The fourth-order valence-corrected chi connectivity index (χ4v) is 3.54. The summed E-state index contributed by atoms with van der Waals surface area (Å²) in [6, 6.07) is 16.2. The fraction of sp³-hybridized carbons (Fsp3) is 0.286. The highest BCUT2D eigenvalue weighted by atomic mass is 19.4. The van der Waals surface area contributed by atoms with Crippen LogP contribution in [0, 0.1) is 5.92 Å². The van der Waals surface area contributed by atoms with Crippen LogP contribution in [0.25, 0.3) is 11.0 Å². The highest BCUT2D eigenvalue weighted by molar-refractivity contribution is 5.81. The number of hydrogen-bond donors (Lipinski definition) is 1. The highest BCUT2D eigenvalue weighted by Crippen LogP contribution is 2.35. The van der Waals surface area contributed by atoms with Gasteiger partial charge in [-0.05, 0) is 61.4 Å². The predicted molar refractivity (Wildman–Crippen MR) is 103 cm³/mol. The number of anilines is 3. The van der Waals surface area contributed by atoms with E-state index in [4.69, 9.17) is 4.42 Å². The second-order valence-electron chi connectivity index (χ2n) is 6.98. The minimum atomic E-state index is -4.09. The molecular formula is C21H19F3N2O2. The molecule has 0 radical (unpaired) electrons. The second kappa shape index (κ2) is 7.22. The van der Waals surface area contributed by atoms with Crippen molar-refractivity contribution in [1.29, 1.82) is 0 Å². The Morgan fingerprint density at radius 1 is 0.929 bits per heavy atom. The largest absolute Gasteiger partial charge is 0.423 e. The number of nitrogens with one attached hydrogen (secondary N) is 1. The summed E-state index contributed by atoms with van der Waals surface area (Å²) in [6.45, 7) is 0.819. The van der Waals surface area contributed by atoms with E-state index in [0.29, 0.717) is 18.7 Å². The second-order valence-corrected chi connectivity index (χ2v) is 6.98. The number of fused-ring (bicyclic) bond motifs is 1. The molecule has 0 unspecified atom stereocenters. The van der Waals surface area contributed by atoms with Gasteiger partial charge in [-0.25, -0.2) is 4.79 Å². The van der Waals surface area contributed by atoms with E-state index >= 15 is 0 Å². The van der Waals surface area contributed by atoms with Crippen LogP contribution in [0.1, 0.15) is 12.8 Å². The van der Waals surface area contributed by atoms with E-state index < -0.39 is 12.1 Å². The molecule has 1 saturated heterocycles.